The number of aryl methyl sites for hydroxylation is 1. The van der Waals surface area contributed by atoms with Gasteiger partial charge < -0.3 is 0 Å². The minimum Gasteiger partial charge on any atom is -0.271 e. The van der Waals surface area contributed by atoms with E-state index in [2.05, 4.69) is 20.1 Å². The Morgan fingerprint density at radius 1 is 1.26 bits per heavy atom. The van der Waals surface area contributed by atoms with Gasteiger partial charge in [-0.2, -0.15) is 9.50 Å². The van der Waals surface area contributed by atoms with Crippen molar-refractivity contribution in [1.29, 1.82) is 0 Å². The fourth-order valence-electron chi connectivity index (χ4n) is 2.52. The summed E-state index contributed by atoms with van der Waals surface area (Å²) in [5.74, 6) is 1.05. The maximum atomic E-state index is 12.3. The molecule has 94 valence electrons. The first kappa shape index (κ1) is 10.4. The molecule has 1 aliphatic carbocycles. The van der Waals surface area contributed by atoms with Crippen LogP contribution in [0.3, 0.4) is 0 Å². The zero-order valence-corrected chi connectivity index (χ0v) is 10.1. The molecule has 3 heterocycles. The molecule has 6 heteroatoms. The summed E-state index contributed by atoms with van der Waals surface area (Å²) in [6, 6.07) is 3.72. The molecular formula is C13H11N5O. The fraction of sp³-hybridized carbons (Fsp3) is 0.231. The Hall–Kier alpha value is -2.50. The third-order valence-corrected chi connectivity index (χ3v) is 3.45. The molecule has 0 atom stereocenters. The second-order valence-corrected chi connectivity index (χ2v) is 4.65. The minimum absolute atomic E-state index is 0.0276. The molecule has 0 bridgehead atoms. The van der Waals surface area contributed by atoms with Gasteiger partial charge in [0.25, 0.3) is 11.3 Å². The Labute approximate surface area is 108 Å². The van der Waals surface area contributed by atoms with E-state index in [9.17, 15) is 4.79 Å². The van der Waals surface area contributed by atoms with Gasteiger partial charge in [0, 0.05) is 23.5 Å². The summed E-state index contributed by atoms with van der Waals surface area (Å²) < 4.78 is 1.42. The van der Waals surface area contributed by atoms with Crippen molar-refractivity contribution in [2.24, 2.45) is 0 Å². The smallest absolute Gasteiger partial charge is 0.271 e. The third-order valence-electron chi connectivity index (χ3n) is 3.45. The molecule has 19 heavy (non-hydrogen) atoms. The Balaban J connectivity index is 1.99. The molecule has 0 aliphatic heterocycles. The summed E-state index contributed by atoms with van der Waals surface area (Å²) in [6.07, 6.45) is 6.09. The first-order valence-electron chi connectivity index (χ1n) is 6.24. The Bertz CT molecular complexity index is 818. The van der Waals surface area contributed by atoms with E-state index < -0.39 is 0 Å². The Morgan fingerprint density at radius 2 is 2.21 bits per heavy atom. The van der Waals surface area contributed by atoms with Crippen LogP contribution in [0, 0.1) is 0 Å². The molecule has 0 spiro atoms. The lowest BCUT2D eigenvalue weighted by molar-refractivity contribution is 0.872. The number of hydrogen-bond donors (Lipinski definition) is 1. The second kappa shape index (κ2) is 3.74. The van der Waals surface area contributed by atoms with Crippen LogP contribution in [0.2, 0.25) is 0 Å². The van der Waals surface area contributed by atoms with Gasteiger partial charge in [0.1, 0.15) is 0 Å². The number of aromatic nitrogens is 5. The van der Waals surface area contributed by atoms with Crippen LogP contribution in [-0.4, -0.2) is 24.6 Å². The lowest BCUT2D eigenvalue weighted by Gasteiger charge is -1.96. The molecule has 0 saturated carbocycles. The van der Waals surface area contributed by atoms with Gasteiger partial charge in [0.2, 0.25) is 0 Å². The number of nitrogens with zero attached hydrogens (tertiary/aromatic N) is 4. The summed E-state index contributed by atoms with van der Waals surface area (Å²) in [7, 11) is 0. The molecule has 3 aromatic heterocycles. The van der Waals surface area contributed by atoms with Crippen molar-refractivity contribution in [3.63, 3.8) is 0 Å². The van der Waals surface area contributed by atoms with E-state index in [1.165, 1.54) is 4.52 Å². The standard InChI is InChI=1S/C13H11N5O/c19-12-9-4-1-5-10(9)15-13-16-11(17-18(12)13)8-3-2-6-14-7-8/h2-3,6-7H,1,4-5H2,(H,15,16,17). The van der Waals surface area contributed by atoms with Crippen molar-refractivity contribution in [1.82, 2.24) is 24.6 Å². The highest BCUT2D eigenvalue weighted by Gasteiger charge is 2.19. The zero-order chi connectivity index (χ0) is 12.8. The highest BCUT2D eigenvalue weighted by atomic mass is 16.1. The van der Waals surface area contributed by atoms with E-state index in [4.69, 9.17) is 0 Å². The SMILES string of the molecule is O=c1c2c(nc3nc(-c4cccnc4)[nH]n13)CCC2. The minimum atomic E-state index is -0.0276. The normalized spacial score (nSPS) is 13.9. The first-order valence-corrected chi connectivity index (χ1v) is 6.24. The number of H-pyrrole nitrogens is 1. The van der Waals surface area contributed by atoms with Gasteiger partial charge in [-0.1, -0.05) is 0 Å². The average molecular weight is 253 g/mol. The summed E-state index contributed by atoms with van der Waals surface area (Å²) in [5.41, 5.74) is 2.53. The predicted molar refractivity (Wildman–Crippen MR) is 68.9 cm³/mol. The average Bonchev–Trinajstić information content (AvgIpc) is 3.06. The van der Waals surface area contributed by atoms with Crippen LogP contribution in [0.5, 0.6) is 0 Å². The van der Waals surface area contributed by atoms with Crippen LogP contribution >= 0.6 is 0 Å². The molecule has 0 saturated heterocycles. The van der Waals surface area contributed by atoms with E-state index in [-0.39, 0.29) is 5.56 Å². The molecule has 4 rings (SSSR count). The van der Waals surface area contributed by atoms with Gasteiger partial charge in [-0.05, 0) is 31.4 Å². The topological polar surface area (TPSA) is 75.9 Å². The van der Waals surface area contributed by atoms with Crippen LogP contribution in [0.25, 0.3) is 17.2 Å². The van der Waals surface area contributed by atoms with E-state index in [0.29, 0.717) is 11.6 Å². The number of nitrogens with one attached hydrogen (secondary N) is 1. The van der Waals surface area contributed by atoms with Crippen LogP contribution in [0.15, 0.2) is 29.3 Å². The predicted octanol–water partition coefficient (Wildman–Crippen LogP) is 0.968. The molecule has 1 N–H and O–H groups in total. The highest BCUT2D eigenvalue weighted by Crippen LogP contribution is 2.18. The summed E-state index contributed by atoms with van der Waals surface area (Å²) in [5, 5.41) is 3.00. The van der Waals surface area contributed by atoms with Crippen molar-refractivity contribution in [2.45, 2.75) is 19.3 Å². The zero-order valence-electron chi connectivity index (χ0n) is 10.1. The quantitative estimate of drug-likeness (QED) is 0.701. The molecule has 6 nitrogen and oxygen atoms in total. The highest BCUT2D eigenvalue weighted by molar-refractivity contribution is 5.55. The van der Waals surface area contributed by atoms with Gasteiger partial charge in [0.05, 0.1) is 5.69 Å². The lowest BCUT2D eigenvalue weighted by atomic mass is 10.3. The van der Waals surface area contributed by atoms with Crippen LogP contribution in [-0.2, 0) is 12.8 Å². The van der Waals surface area contributed by atoms with E-state index in [1.807, 2.05) is 12.1 Å². The summed E-state index contributed by atoms with van der Waals surface area (Å²) in [6.45, 7) is 0. The van der Waals surface area contributed by atoms with Crippen molar-refractivity contribution in [3.8, 4) is 11.4 Å². The molecule has 1 aliphatic rings. The van der Waals surface area contributed by atoms with E-state index >= 15 is 0 Å². The molecule has 0 radical (unpaired) electrons. The monoisotopic (exact) mass is 253 g/mol. The van der Waals surface area contributed by atoms with Crippen LogP contribution < -0.4 is 5.56 Å². The van der Waals surface area contributed by atoms with Crippen molar-refractivity contribution >= 4 is 5.78 Å². The molecule has 0 fully saturated rings. The van der Waals surface area contributed by atoms with Crippen molar-refractivity contribution in [2.75, 3.05) is 0 Å². The maximum absolute atomic E-state index is 12.3. The van der Waals surface area contributed by atoms with Gasteiger partial charge >= 0.3 is 0 Å². The first-order chi connectivity index (χ1) is 9.33. The third kappa shape index (κ3) is 1.49. The van der Waals surface area contributed by atoms with Crippen molar-refractivity contribution < 1.29 is 0 Å². The Kier molecular flexibility index (Phi) is 2.05. The van der Waals surface area contributed by atoms with E-state index in [0.717, 1.165) is 36.1 Å². The maximum Gasteiger partial charge on any atom is 0.277 e. The second-order valence-electron chi connectivity index (χ2n) is 4.65. The molecule has 0 amide bonds. The summed E-state index contributed by atoms with van der Waals surface area (Å²) >= 11 is 0. The number of hydrogen-bond acceptors (Lipinski definition) is 4. The van der Waals surface area contributed by atoms with Gasteiger partial charge in [0.15, 0.2) is 5.82 Å². The van der Waals surface area contributed by atoms with Crippen LogP contribution in [0.1, 0.15) is 17.7 Å². The Morgan fingerprint density at radius 3 is 3.05 bits per heavy atom. The molecule has 0 aromatic carbocycles. The number of aromatic amines is 1. The van der Waals surface area contributed by atoms with Gasteiger partial charge in [-0.25, -0.2) is 4.98 Å². The number of fused-ring (bicyclic) bond motifs is 2. The number of pyridine rings is 1. The fourth-order valence-corrected chi connectivity index (χ4v) is 2.52. The largest absolute Gasteiger partial charge is 0.277 e. The van der Waals surface area contributed by atoms with Crippen molar-refractivity contribution in [3.05, 3.63) is 46.1 Å². The van der Waals surface area contributed by atoms with E-state index in [1.54, 1.807) is 12.4 Å². The summed E-state index contributed by atoms with van der Waals surface area (Å²) in [4.78, 5) is 25.2. The van der Waals surface area contributed by atoms with Crippen LogP contribution in [0.4, 0.5) is 0 Å². The number of rotatable bonds is 1. The van der Waals surface area contributed by atoms with Gasteiger partial charge in [-0.3, -0.25) is 14.9 Å². The molecular weight excluding hydrogens is 242 g/mol. The lowest BCUT2D eigenvalue weighted by Crippen LogP contribution is -2.20. The molecule has 0 unspecified atom stereocenters. The molecule has 3 aromatic rings. The van der Waals surface area contributed by atoms with Gasteiger partial charge in [-0.15, -0.1) is 0 Å².